The minimum atomic E-state index is 0.671. The Morgan fingerprint density at radius 2 is 1.71 bits per heavy atom. The Kier molecular flexibility index (Phi) is 3.95. The molecular weight excluding hydrogens is 364 g/mol. The largest absolute Gasteiger partial charge is 0.440 e. The smallest absolute Gasteiger partial charge is 0.192 e. The van der Waals surface area contributed by atoms with Crippen LogP contribution in [0.4, 0.5) is 0 Å². The number of aromatic amines is 1. The van der Waals surface area contributed by atoms with Gasteiger partial charge < -0.3 is 9.40 Å². The molecular formula is C24H20N2OS. The molecule has 4 heteroatoms. The van der Waals surface area contributed by atoms with E-state index in [1.807, 2.05) is 6.92 Å². The first-order valence-corrected chi connectivity index (χ1v) is 10.2. The second kappa shape index (κ2) is 6.50. The third-order valence-corrected chi connectivity index (χ3v) is 5.90. The Morgan fingerprint density at radius 1 is 0.929 bits per heavy atom. The van der Waals surface area contributed by atoms with Crippen molar-refractivity contribution in [2.24, 2.45) is 0 Å². The van der Waals surface area contributed by atoms with E-state index in [1.54, 1.807) is 11.3 Å². The fourth-order valence-corrected chi connectivity index (χ4v) is 4.38. The number of hydrogen-bond donors (Lipinski definition) is 1. The second-order valence-electron chi connectivity index (χ2n) is 7.18. The summed E-state index contributed by atoms with van der Waals surface area (Å²) in [4.78, 5) is 9.54. The number of nitrogens with zero attached hydrogens (tertiary/aromatic N) is 1. The molecule has 5 aromatic rings. The zero-order valence-electron chi connectivity index (χ0n) is 16.0. The van der Waals surface area contributed by atoms with Crippen LogP contribution in [0, 0.1) is 20.8 Å². The van der Waals surface area contributed by atoms with Crippen LogP contribution in [0.3, 0.4) is 0 Å². The van der Waals surface area contributed by atoms with Gasteiger partial charge in [-0.15, -0.1) is 11.3 Å². The summed E-state index contributed by atoms with van der Waals surface area (Å²) >= 11 is 1.72. The maximum absolute atomic E-state index is 6.20. The van der Waals surface area contributed by atoms with E-state index in [-0.39, 0.29) is 0 Å². The molecule has 0 spiro atoms. The molecule has 0 aliphatic carbocycles. The van der Waals surface area contributed by atoms with Gasteiger partial charge in [-0.3, -0.25) is 0 Å². The Bertz CT molecular complexity index is 1270. The highest BCUT2D eigenvalue weighted by molar-refractivity contribution is 7.13. The molecule has 3 aromatic heterocycles. The Hall–Kier alpha value is -3.11. The number of nitrogens with one attached hydrogen (secondary N) is 1. The third kappa shape index (κ3) is 2.77. The van der Waals surface area contributed by atoms with E-state index in [0.29, 0.717) is 5.89 Å². The van der Waals surface area contributed by atoms with E-state index in [0.717, 1.165) is 39.2 Å². The second-order valence-corrected chi connectivity index (χ2v) is 8.13. The van der Waals surface area contributed by atoms with E-state index in [9.17, 15) is 0 Å². The van der Waals surface area contributed by atoms with Crippen molar-refractivity contribution in [3.05, 3.63) is 77.0 Å². The van der Waals surface area contributed by atoms with Gasteiger partial charge >= 0.3 is 0 Å². The van der Waals surface area contributed by atoms with Crippen LogP contribution in [0.15, 0.2) is 64.4 Å². The van der Waals surface area contributed by atoms with E-state index in [1.165, 1.54) is 16.0 Å². The van der Waals surface area contributed by atoms with Crippen molar-refractivity contribution in [3.63, 3.8) is 0 Å². The lowest BCUT2D eigenvalue weighted by molar-refractivity contribution is 0.535. The lowest BCUT2D eigenvalue weighted by Crippen LogP contribution is -1.85. The molecule has 138 valence electrons. The first kappa shape index (κ1) is 17.0. The molecule has 5 rings (SSSR count). The summed E-state index contributed by atoms with van der Waals surface area (Å²) in [5.41, 5.74) is 7.67. The van der Waals surface area contributed by atoms with Crippen LogP contribution in [0.25, 0.3) is 44.1 Å². The molecule has 28 heavy (non-hydrogen) atoms. The highest BCUT2D eigenvalue weighted by Gasteiger charge is 2.23. The highest BCUT2D eigenvalue weighted by Crippen LogP contribution is 2.44. The van der Waals surface area contributed by atoms with Crippen LogP contribution in [0.2, 0.25) is 0 Å². The fourth-order valence-electron chi connectivity index (χ4n) is 3.65. The molecule has 0 unspecified atom stereocenters. The quantitative estimate of drug-likeness (QED) is 0.359. The standard InChI is InChI=1S/C24H20N2OS/c1-14-6-9-17(10-7-14)22-24(27-16(3)25-22)21-18-13-15(2)8-11-19(18)26-23(21)20-5-4-12-28-20/h4-13,26H,1-3H3. The SMILES string of the molecule is Cc1ccc(-c2nc(C)oc2-c2c(-c3cccs3)[nH]c3ccc(C)cc23)cc1. The number of fused-ring (bicyclic) bond motifs is 1. The lowest BCUT2D eigenvalue weighted by atomic mass is 10.0. The first-order valence-electron chi connectivity index (χ1n) is 9.31. The van der Waals surface area contributed by atoms with Crippen LogP contribution >= 0.6 is 11.3 Å². The molecule has 0 fully saturated rings. The number of benzene rings is 2. The third-order valence-electron chi connectivity index (χ3n) is 5.01. The van der Waals surface area contributed by atoms with Gasteiger partial charge in [-0.05, 0) is 37.4 Å². The molecule has 1 N–H and O–H groups in total. The average Bonchev–Trinajstić information content (AvgIpc) is 3.40. The van der Waals surface area contributed by atoms with E-state index < -0.39 is 0 Å². The zero-order chi connectivity index (χ0) is 19.3. The zero-order valence-corrected chi connectivity index (χ0v) is 16.9. The van der Waals surface area contributed by atoms with Gasteiger partial charge in [0.15, 0.2) is 11.7 Å². The molecule has 0 aliphatic heterocycles. The van der Waals surface area contributed by atoms with Gasteiger partial charge in [0.2, 0.25) is 0 Å². The molecule has 0 aliphatic rings. The van der Waals surface area contributed by atoms with Gasteiger partial charge in [0, 0.05) is 23.4 Å². The van der Waals surface area contributed by atoms with Crippen molar-refractivity contribution in [2.75, 3.05) is 0 Å². The molecule has 0 bridgehead atoms. The molecule has 3 heterocycles. The number of H-pyrrole nitrogens is 1. The molecule has 0 radical (unpaired) electrons. The fraction of sp³-hybridized carbons (Fsp3) is 0.125. The molecule has 0 saturated heterocycles. The number of rotatable bonds is 3. The lowest BCUT2D eigenvalue weighted by Gasteiger charge is -2.05. The van der Waals surface area contributed by atoms with Gasteiger partial charge in [-0.1, -0.05) is 47.5 Å². The molecule has 0 amide bonds. The predicted octanol–water partition coefficient (Wildman–Crippen LogP) is 7.14. The number of thiophene rings is 1. The maximum atomic E-state index is 6.20. The van der Waals surface area contributed by atoms with E-state index in [4.69, 9.17) is 9.40 Å². The van der Waals surface area contributed by atoms with Crippen molar-refractivity contribution in [2.45, 2.75) is 20.8 Å². The average molecular weight is 385 g/mol. The van der Waals surface area contributed by atoms with Crippen LogP contribution in [0.5, 0.6) is 0 Å². The molecule has 0 saturated carbocycles. The number of aryl methyl sites for hydroxylation is 3. The first-order chi connectivity index (χ1) is 13.6. The minimum Gasteiger partial charge on any atom is -0.440 e. The van der Waals surface area contributed by atoms with Gasteiger partial charge in [0.05, 0.1) is 16.1 Å². The van der Waals surface area contributed by atoms with Crippen LogP contribution < -0.4 is 0 Å². The Balaban J connectivity index is 1.84. The highest BCUT2D eigenvalue weighted by atomic mass is 32.1. The van der Waals surface area contributed by atoms with Gasteiger partial charge in [-0.25, -0.2) is 4.98 Å². The summed E-state index contributed by atoms with van der Waals surface area (Å²) < 4.78 is 6.20. The van der Waals surface area contributed by atoms with Crippen molar-refractivity contribution in [3.8, 4) is 33.2 Å². The van der Waals surface area contributed by atoms with Crippen LogP contribution in [0.1, 0.15) is 17.0 Å². The number of aromatic nitrogens is 2. The van der Waals surface area contributed by atoms with Crippen molar-refractivity contribution in [1.29, 1.82) is 0 Å². The van der Waals surface area contributed by atoms with Crippen LogP contribution in [-0.2, 0) is 0 Å². The van der Waals surface area contributed by atoms with E-state index >= 15 is 0 Å². The maximum Gasteiger partial charge on any atom is 0.192 e. The number of oxazole rings is 1. The molecule has 0 atom stereocenters. The monoisotopic (exact) mass is 384 g/mol. The molecule has 2 aromatic carbocycles. The number of hydrogen-bond acceptors (Lipinski definition) is 3. The summed E-state index contributed by atoms with van der Waals surface area (Å²) in [7, 11) is 0. The van der Waals surface area contributed by atoms with E-state index in [2.05, 4.69) is 78.8 Å². The summed E-state index contributed by atoms with van der Waals surface area (Å²) in [5, 5.41) is 3.26. The van der Waals surface area contributed by atoms with Gasteiger partial charge in [-0.2, -0.15) is 0 Å². The van der Waals surface area contributed by atoms with Gasteiger partial charge in [0.1, 0.15) is 5.69 Å². The normalized spacial score (nSPS) is 11.4. The van der Waals surface area contributed by atoms with Crippen molar-refractivity contribution < 1.29 is 4.42 Å². The summed E-state index contributed by atoms with van der Waals surface area (Å²) in [5.74, 6) is 1.49. The summed E-state index contributed by atoms with van der Waals surface area (Å²) in [6.07, 6.45) is 0. The molecule has 3 nitrogen and oxygen atoms in total. The minimum absolute atomic E-state index is 0.671. The topological polar surface area (TPSA) is 41.8 Å². The predicted molar refractivity (Wildman–Crippen MR) is 117 cm³/mol. The Labute approximate surface area is 167 Å². The van der Waals surface area contributed by atoms with Gasteiger partial charge in [0.25, 0.3) is 0 Å². The summed E-state index contributed by atoms with van der Waals surface area (Å²) in [6, 6.07) is 19.2. The Morgan fingerprint density at radius 3 is 2.46 bits per heavy atom. The van der Waals surface area contributed by atoms with Crippen LogP contribution in [-0.4, -0.2) is 9.97 Å². The van der Waals surface area contributed by atoms with Crippen molar-refractivity contribution in [1.82, 2.24) is 9.97 Å². The van der Waals surface area contributed by atoms with Crippen molar-refractivity contribution >= 4 is 22.2 Å². The summed E-state index contributed by atoms with van der Waals surface area (Å²) in [6.45, 7) is 6.12.